The van der Waals surface area contributed by atoms with Crippen LogP contribution >= 0.6 is 0 Å². The first kappa shape index (κ1) is 17.5. The largest absolute Gasteiger partial charge is 0.465 e. The number of carbonyl (C=O) groups is 2. The molecule has 0 saturated heterocycles. The number of hydrogen-bond donors (Lipinski definition) is 0. The van der Waals surface area contributed by atoms with Gasteiger partial charge in [-0.05, 0) is 84.7 Å². The van der Waals surface area contributed by atoms with E-state index >= 15 is 0 Å². The Hall–Kier alpha value is -2.36. The number of hydrogen-bond acceptors (Lipinski definition) is 4. The maximum absolute atomic E-state index is 12.3. The predicted molar refractivity (Wildman–Crippen MR) is 97.4 cm³/mol. The van der Waals surface area contributed by atoms with Crippen LogP contribution in [0.4, 0.5) is 0 Å². The van der Waals surface area contributed by atoms with Crippen LogP contribution in [-0.4, -0.2) is 26.2 Å². The van der Waals surface area contributed by atoms with Gasteiger partial charge in [0.2, 0.25) is 0 Å². The minimum absolute atomic E-state index is 0.275. The van der Waals surface area contributed by atoms with Crippen molar-refractivity contribution < 1.29 is 19.1 Å². The third kappa shape index (κ3) is 2.90. The normalized spacial score (nSPS) is 13.9. The Bertz CT molecular complexity index is 794. The van der Waals surface area contributed by atoms with Gasteiger partial charge in [0.25, 0.3) is 0 Å². The van der Waals surface area contributed by atoms with E-state index in [1.807, 2.05) is 12.1 Å². The molecule has 0 amide bonds. The SMILES string of the molecule is COC(=O)c1cc2c3c(C)c(C)c(c2cc1C(=O)OC)CCCCC3. The summed E-state index contributed by atoms with van der Waals surface area (Å²) in [5.74, 6) is -1.02. The molecular formula is C21H24O4. The van der Waals surface area contributed by atoms with Gasteiger partial charge in [0.05, 0.1) is 25.3 Å². The topological polar surface area (TPSA) is 52.6 Å². The van der Waals surface area contributed by atoms with Crippen molar-refractivity contribution in [1.82, 2.24) is 0 Å². The first-order valence-electron chi connectivity index (χ1n) is 8.74. The summed E-state index contributed by atoms with van der Waals surface area (Å²) in [7, 11) is 2.66. The van der Waals surface area contributed by atoms with Gasteiger partial charge in [0.1, 0.15) is 0 Å². The Kier molecular flexibility index (Phi) is 4.80. The molecule has 0 N–H and O–H groups in total. The average Bonchev–Trinajstić information content (AvgIpc) is 2.76. The standard InChI is InChI=1S/C21H24O4/c1-12-13(2)15-9-7-5-6-8-14(12)16-10-18(20(22)24-3)19(11-17(15)16)21(23)25-4/h10-11H,5-9H2,1-4H3. The van der Waals surface area contributed by atoms with Gasteiger partial charge >= 0.3 is 11.9 Å². The van der Waals surface area contributed by atoms with E-state index in [1.54, 1.807) is 0 Å². The van der Waals surface area contributed by atoms with E-state index in [9.17, 15) is 9.59 Å². The molecular weight excluding hydrogens is 316 g/mol. The zero-order chi connectivity index (χ0) is 18.1. The molecule has 0 aromatic heterocycles. The molecule has 0 unspecified atom stereocenters. The summed E-state index contributed by atoms with van der Waals surface area (Å²) in [6.45, 7) is 4.32. The molecule has 0 radical (unpaired) electrons. The third-order valence-electron chi connectivity index (χ3n) is 5.44. The number of methoxy groups -OCH3 is 2. The average molecular weight is 340 g/mol. The Morgan fingerprint density at radius 3 is 1.52 bits per heavy atom. The number of ether oxygens (including phenoxy) is 2. The zero-order valence-electron chi connectivity index (χ0n) is 15.3. The summed E-state index contributed by atoms with van der Waals surface area (Å²) < 4.78 is 9.79. The van der Waals surface area contributed by atoms with E-state index in [0.29, 0.717) is 0 Å². The first-order chi connectivity index (χ1) is 12.0. The maximum atomic E-state index is 12.3. The van der Waals surface area contributed by atoms with E-state index in [4.69, 9.17) is 9.47 Å². The zero-order valence-corrected chi connectivity index (χ0v) is 15.3. The fourth-order valence-corrected chi connectivity index (χ4v) is 3.94. The highest BCUT2D eigenvalue weighted by atomic mass is 16.5. The quantitative estimate of drug-likeness (QED) is 0.765. The summed E-state index contributed by atoms with van der Waals surface area (Å²) in [5, 5.41) is 2.13. The number of carbonyl (C=O) groups excluding carboxylic acids is 2. The van der Waals surface area contributed by atoms with Crippen LogP contribution in [0.15, 0.2) is 12.1 Å². The van der Waals surface area contributed by atoms with Crippen LogP contribution in [0.25, 0.3) is 10.8 Å². The summed E-state index contributed by atoms with van der Waals surface area (Å²) in [5.41, 5.74) is 5.70. The molecule has 4 heteroatoms. The third-order valence-corrected chi connectivity index (χ3v) is 5.44. The number of aryl methyl sites for hydroxylation is 2. The Morgan fingerprint density at radius 2 is 1.16 bits per heavy atom. The molecule has 0 aliphatic heterocycles. The van der Waals surface area contributed by atoms with Crippen molar-refractivity contribution in [1.29, 1.82) is 0 Å². The summed E-state index contributed by atoms with van der Waals surface area (Å²) >= 11 is 0. The van der Waals surface area contributed by atoms with Crippen LogP contribution in [0.2, 0.25) is 0 Å². The molecule has 0 saturated carbocycles. The van der Waals surface area contributed by atoms with E-state index < -0.39 is 11.9 Å². The molecule has 25 heavy (non-hydrogen) atoms. The van der Waals surface area contributed by atoms with Crippen LogP contribution < -0.4 is 0 Å². The van der Waals surface area contributed by atoms with Crippen molar-refractivity contribution in [3.8, 4) is 0 Å². The van der Waals surface area contributed by atoms with Crippen LogP contribution in [0, 0.1) is 13.8 Å². The van der Waals surface area contributed by atoms with Gasteiger partial charge < -0.3 is 9.47 Å². The van der Waals surface area contributed by atoms with E-state index in [2.05, 4.69) is 13.8 Å². The second-order valence-corrected chi connectivity index (χ2v) is 6.69. The molecule has 1 aliphatic carbocycles. The molecule has 0 heterocycles. The van der Waals surface area contributed by atoms with Crippen molar-refractivity contribution in [3.05, 3.63) is 45.5 Å². The Morgan fingerprint density at radius 1 is 0.760 bits per heavy atom. The lowest BCUT2D eigenvalue weighted by atomic mass is 9.86. The van der Waals surface area contributed by atoms with Crippen molar-refractivity contribution in [3.63, 3.8) is 0 Å². The van der Waals surface area contributed by atoms with Crippen molar-refractivity contribution in [2.45, 2.75) is 46.0 Å². The van der Waals surface area contributed by atoms with Crippen molar-refractivity contribution in [2.75, 3.05) is 14.2 Å². The molecule has 0 spiro atoms. The van der Waals surface area contributed by atoms with Gasteiger partial charge in [-0.15, -0.1) is 0 Å². The van der Waals surface area contributed by atoms with Gasteiger partial charge in [-0.3, -0.25) is 0 Å². The highest BCUT2D eigenvalue weighted by Crippen LogP contribution is 2.36. The van der Waals surface area contributed by atoms with Crippen LogP contribution in [0.3, 0.4) is 0 Å². The van der Waals surface area contributed by atoms with E-state index in [-0.39, 0.29) is 11.1 Å². The highest BCUT2D eigenvalue weighted by molar-refractivity contribution is 6.08. The van der Waals surface area contributed by atoms with Crippen LogP contribution in [0.1, 0.15) is 62.2 Å². The van der Waals surface area contributed by atoms with E-state index in [1.165, 1.54) is 42.9 Å². The van der Waals surface area contributed by atoms with Gasteiger partial charge in [0.15, 0.2) is 0 Å². The fraction of sp³-hybridized carbons (Fsp3) is 0.429. The van der Waals surface area contributed by atoms with Gasteiger partial charge in [0, 0.05) is 0 Å². The number of fused-ring (bicyclic) bond motifs is 6. The lowest BCUT2D eigenvalue weighted by Crippen LogP contribution is -2.13. The fourth-order valence-electron chi connectivity index (χ4n) is 3.94. The van der Waals surface area contributed by atoms with Crippen LogP contribution in [0.5, 0.6) is 0 Å². The minimum atomic E-state index is -0.511. The molecule has 2 bridgehead atoms. The minimum Gasteiger partial charge on any atom is -0.465 e. The second kappa shape index (κ2) is 6.87. The molecule has 0 atom stereocenters. The maximum Gasteiger partial charge on any atom is 0.338 e. The molecule has 2 aromatic rings. The summed E-state index contributed by atoms with van der Waals surface area (Å²) in [6, 6.07) is 3.65. The Labute approximate surface area is 148 Å². The first-order valence-corrected chi connectivity index (χ1v) is 8.74. The Balaban J connectivity index is 2.43. The number of rotatable bonds is 2. The second-order valence-electron chi connectivity index (χ2n) is 6.69. The predicted octanol–water partition coefficient (Wildman–Crippen LogP) is 4.30. The van der Waals surface area contributed by atoms with Gasteiger partial charge in [-0.1, -0.05) is 6.42 Å². The molecule has 2 aromatic carbocycles. The smallest absolute Gasteiger partial charge is 0.338 e. The molecule has 132 valence electrons. The molecule has 1 aliphatic rings. The highest BCUT2D eigenvalue weighted by Gasteiger charge is 2.23. The summed E-state index contributed by atoms with van der Waals surface area (Å²) in [6.07, 6.45) is 5.44. The molecule has 0 fully saturated rings. The van der Waals surface area contributed by atoms with Crippen molar-refractivity contribution in [2.24, 2.45) is 0 Å². The number of esters is 2. The van der Waals surface area contributed by atoms with E-state index in [0.717, 1.165) is 36.5 Å². The lowest BCUT2D eigenvalue weighted by Gasteiger charge is -2.19. The van der Waals surface area contributed by atoms with Gasteiger partial charge in [-0.25, -0.2) is 9.59 Å². The molecule has 3 rings (SSSR count). The molecule has 4 nitrogen and oxygen atoms in total. The van der Waals surface area contributed by atoms with Gasteiger partial charge in [-0.2, -0.15) is 0 Å². The summed E-state index contributed by atoms with van der Waals surface area (Å²) in [4.78, 5) is 24.5. The van der Waals surface area contributed by atoms with Crippen LogP contribution in [-0.2, 0) is 22.3 Å². The van der Waals surface area contributed by atoms with Crippen molar-refractivity contribution >= 4 is 22.7 Å². The monoisotopic (exact) mass is 340 g/mol. The lowest BCUT2D eigenvalue weighted by molar-refractivity contribution is 0.0555. The number of benzene rings is 2.